The van der Waals surface area contributed by atoms with Crippen LogP contribution in [0.15, 0.2) is 47.4 Å². The van der Waals surface area contributed by atoms with Gasteiger partial charge >= 0.3 is 0 Å². The summed E-state index contributed by atoms with van der Waals surface area (Å²) >= 11 is 1.54. The Morgan fingerprint density at radius 2 is 2.12 bits per heavy atom. The van der Waals surface area contributed by atoms with E-state index in [0.717, 1.165) is 23.4 Å². The highest BCUT2D eigenvalue weighted by molar-refractivity contribution is 7.98. The normalized spacial score (nSPS) is 14.4. The lowest BCUT2D eigenvalue weighted by Gasteiger charge is -2.16. The first-order chi connectivity index (χ1) is 11.6. The zero-order chi connectivity index (χ0) is 17.1. The van der Waals surface area contributed by atoms with Crippen molar-refractivity contribution in [3.8, 4) is 0 Å². The SMILES string of the molecule is CSc1ccccc1C(=O)NCC(O)c1ccc2c(c1)CCN2C. The molecule has 2 N–H and O–H groups in total. The van der Waals surface area contributed by atoms with Crippen LogP contribution in [0.4, 0.5) is 5.69 Å². The fourth-order valence-electron chi connectivity index (χ4n) is 3.03. The number of aliphatic hydroxyl groups excluding tert-OH is 1. The zero-order valence-corrected chi connectivity index (χ0v) is 14.8. The molecule has 0 aromatic heterocycles. The summed E-state index contributed by atoms with van der Waals surface area (Å²) in [5.41, 5.74) is 3.98. The highest BCUT2D eigenvalue weighted by atomic mass is 32.2. The molecule has 2 aromatic carbocycles. The van der Waals surface area contributed by atoms with Crippen LogP contribution in [0, 0.1) is 0 Å². The Kier molecular flexibility index (Phi) is 5.11. The third-order valence-electron chi connectivity index (χ3n) is 4.42. The van der Waals surface area contributed by atoms with Crippen molar-refractivity contribution in [2.45, 2.75) is 17.4 Å². The van der Waals surface area contributed by atoms with Gasteiger partial charge < -0.3 is 15.3 Å². The van der Waals surface area contributed by atoms with Gasteiger partial charge in [-0.2, -0.15) is 0 Å². The number of aliphatic hydroxyl groups is 1. The predicted octanol–water partition coefficient (Wildman–Crippen LogP) is 2.86. The van der Waals surface area contributed by atoms with E-state index in [1.807, 2.05) is 42.7 Å². The third kappa shape index (κ3) is 3.42. The molecule has 5 heteroatoms. The summed E-state index contributed by atoms with van der Waals surface area (Å²) in [4.78, 5) is 15.5. The molecule has 0 spiro atoms. The van der Waals surface area contributed by atoms with E-state index in [2.05, 4.69) is 17.3 Å². The molecule has 0 bridgehead atoms. The second-order valence-corrected chi connectivity index (χ2v) is 6.83. The topological polar surface area (TPSA) is 52.6 Å². The predicted molar refractivity (Wildman–Crippen MR) is 98.9 cm³/mol. The van der Waals surface area contributed by atoms with Crippen molar-refractivity contribution in [1.82, 2.24) is 5.32 Å². The quantitative estimate of drug-likeness (QED) is 0.821. The third-order valence-corrected chi connectivity index (χ3v) is 5.22. The number of hydrogen-bond donors (Lipinski definition) is 2. The maximum absolute atomic E-state index is 12.3. The van der Waals surface area contributed by atoms with Gasteiger partial charge in [0.25, 0.3) is 5.91 Å². The summed E-state index contributed by atoms with van der Waals surface area (Å²) in [6.45, 7) is 1.22. The zero-order valence-electron chi connectivity index (χ0n) is 14.0. The molecule has 24 heavy (non-hydrogen) atoms. The number of thioether (sulfide) groups is 1. The van der Waals surface area contributed by atoms with E-state index in [1.165, 1.54) is 11.3 Å². The molecule has 4 nitrogen and oxygen atoms in total. The van der Waals surface area contributed by atoms with E-state index in [0.29, 0.717) is 5.56 Å². The van der Waals surface area contributed by atoms with Crippen LogP contribution in [-0.2, 0) is 6.42 Å². The van der Waals surface area contributed by atoms with E-state index in [-0.39, 0.29) is 12.5 Å². The lowest BCUT2D eigenvalue weighted by Crippen LogP contribution is -2.28. The van der Waals surface area contributed by atoms with Gasteiger partial charge in [-0.05, 0) is 42.0 Å². The van der Waals surface area contributed by atoms with Crippen molar-refractivity contribution >= 4 is 23.4 Å². The summed E-state index contributed by atoms with van der Waals surface area (Å²) in [6, 6.07) is 13.5. The minimum atomic E-state index is -0.702. The molecule has 1 aliphatic rings. The molecule has 3 rings (SSSR count). The van der Waals surface area contributed by atoms with E-state index in [1.54, 1.807) is 17.8 Å². The molecule has 126 valence electrons. The Morgan fingerprint density at radius 1 is 1.33 bits per heavy atom. The van der Waals surface area contributed by atoms with Gasteiger partial charge in [0.2, 0.25) is 0 Å². The summed E-state index contributed by atoms with van der Waals surface area (Å²) < 4.78 is 0. The largest absolute Gasteiger partial charge is 0.387 e. The van der Waals surface area contributed by atoms with Gasteiger partial charge in [-0.1, -0.05) is 24.3 Å². The molecule has 0 saturated carbocycles. The van der Waals surface area contributed by atoms with Crippen molar-refractivity contribution in [2.24, 2.45) is 0 Å². The lowest BCUT2D eigenvalue weighted by atomic mass is 10.0. The van der Waals surface area contributed by atoms with Crippen LogP contribution in [0.3, 0.4) is 0 Å². The van der Waals surface area contributed by atoms with Gasteiger partial charge in [-0.25, -0.2) is 0 Å². The summed E-state index contributed by atoms with van der Waals surface area (Å²) in [5, 5.41) is 13.2. The van der Waals surface area contributed by atoms with Crippen LogP contribution in [-0.4, -0.2) is 37.4 Å². The minimum absolute atomic E-state index is 0.153. The number of hydrogen-bond acceptors (Lipinski definition) is 4. The first kappa shape index (κ1) is 16.9. The van der Waals surface area contributed by atoms with Crippen LogP contribution in [0.25, 0.3) is 0 Å². The Hall–Kier alpha value is -1.98. The number of likely N-dealkylation sites (N-methyl/N-ethyl adjacent to an activating group) is 1. The van der Waals surface area contributed by atoms with Gasteiger partial charge in [-0.3, -0.25) is 4.79 Å². The summed E-state index contributed by atoms with van der Waals surface area (Å²) in [7, 11) is 2.07. The van der Waals surface area contributed by atoms with Crippen molar-refractivity contribution in [2.75, 3.05) is 31.3 Å². The molecular weight excluding hydrogens is 320 g/mol. The Labute approximate surface area is 146 Å². The van der Waals surface area contributed by atoms with Gasteiger partial charge in [0.05, 0.1) is 11.7 Å². The summed E-state index contributed by atoms with van der Waals surface area (Å²) in [6.07, 6.45) is 2.24. The van der Waals surface area contributed by atoms with E-state index >= 15 is 0 Å². The molecule has 0 saturated heterocycles. The van der Waals surface area contributed by atoms with Gasteiger partial charge in [0.15, 0.2) is 0 Å². The lowest BCUT2D eigenvalue weighted by molar-refractivity contribution is 0.0913. The number of amides is 1. The maximum Gasteiger partial charge on any atom is 0.252 e. The second-order valence-electron chi connectivity index (χ2n) is 5.99. The number of nitrogens with zero attached hydrogens (tertiary/aromatic N) is 1. The highest BCUT2D eigenvalue weighted by Crippen LogP contribution is 2.29. The van der Waals surface area contributed by atoms with Crippen molar-refractivity contribution in [3.63, 3.8) is 0 Å². The second kappa shape index (κ2) is 7.28. The van der Waals surface area contributed by atoms with Gasteiger partial charge in [0, 0.05) is 30.7 Å². The molecule has 1 aliphatic heterocycles. The molecule has 0 aliphatic carbocycles. The Bertz CT molecular complexity index is 748. The Balaban J connectivity index is 1.65. The molecule has 1 heterocycles. The molecule has 2 aromatic rings. The standard InChI is InChI=1S/C19H22N2O2S/c1-21-10-9-13-11-14(7-8-16(13)21)17(22)12-20-19(23)15-5-3-4-6-18(15)24-2/h3-8,11,17,22H,9-10,12H2,1-2H3,(H,20,23). The fraction of sp³-hybridized carbons (Fsp3) is 0.316. The van der Waals surface area contributed by atoms with Crippen LogP contribution in [0.5, 0.6) is 0 Å². The van der Waals surface area contributed by atoms with Crippen molar-refractivity contribution < 1.29 is 9.90 Å². The van der Waals surface area contributed by atoms with E-state index in [4.69, 9.17) is 0 Å². The number of fused-ring (bicyclic) bond motifs is 1. The fourth-order valence-corrected chi connectivity index (χ4v) is 3.62. The van der Waals surface area contributed by atoms with Gasteiger partial charge in [0.1, 0.15) is 0 Å². The van der Waals surface area contributed by atoms with E-state index < -0.39 is 6.10 Å². The molecule has 0 radical (unpaired) electrons. The Morgan fingerprint density at radius 3 is 2.92 bits per heavy atom. The summed E-state index contributed by atoms with van der Waals surface area (Å²) in [5.74, 6) is -0.153. The minimum Gasteiger partial charge on any atom is -0.387 e. The van der Waals surface area contributed by atoms with Crippen molar-refractivity contribution in [1.29, 1.82) is 0 Å². The first-order valence-electron chi connectivity index (χ1n) is 8.03. The average molecular weight is 342 g/mol. The molecule has 1 unspecified atom stereocenters. The number of anilines is 1. The highest BCUT2D eigenvalue weighted by Gasteiger charge is 2.18. The number of carbonyl (C=O) groups is 1. The number of benzene rings is 2. The average Bonchev–Trinajstić information content (AvgIpc) is 2.99. The number of nitrogens with one attached hydrogen (secondary N) is 1. The number of rotatable bonds is 5. The van der Waals surface area contributed by atoms with Crippen LogP contribution < -0.4 is 10.2 Å². The van der Waals surface area contributed by atoms with E-state index in [9.17, 15) is 9.90 Å². The maximum atomic E-state index is 12.3. The molecule has 0 fully saturated rings. The van der Waals surface area contributed by atoms with Crippen molar-refractivity contribution in [3.05, 3.63) is 59.2 Å². The van der Waals surface area contributed by atoms with Crippen LogP contribution in [0.1, 0.15) is 27.6 Å². The molecule has 1 amide bonds. The van der Waals surface area contributed by atoms with Crippen LogP contribution in [0.2, 0.25) is 0 Å². The number of carbonyl (C=O) groups excluding carboxylic acids is 1. The molecular formula is C19H22N2O2S. The smallest absolute Gasteiger partial charge is 0.252 e. The van der Waals surface area contributed by atoms with Crippen LogP contribution >= 0.6 is 11.8 Å². The molecule has 1 atom stereocenters. The van der Waals surface area contributed by atoms with Gasteiger partial charge in [-0.15, -0.1) is 11.8 Å². The monoisotopic (exact) mass is 342 g/mol. The first-order valence-corrected chi connectivity index (χ1v) is 9.26.